The molecule has 0 fully saturated rings. The maximum atomic E-state index is 12.5. The van der Waals surface area contributed by atoms with E-state index in [0.29, 0.717) is 23.0 Å². The first kappa shape index (κ1) is 15.5. The molecular weight excluding hydrogens is 291 g/mol. The summed E-state index contributed by atoms with van der Waals surface area (Å²) in [5.74, 6) is 0.489. The van der Waals surface area contributed by atoms with Crippen LogP contribution in [0.2, 0.25) is 0 Å². The molecule has 2 aromatic rings. The number of halogens is 1. The SMILES string of the molecule is CN(C(=O)c1cnc(SCCCF)n1C)c1cccnc1. The molecule has 2 heterocycles. The second-order valence-corrected chi connectivity index (χ2v) is 5.51. The number of aromatic nitrogens is 3. The normalized spacial score (nSPS) is 10.6. The number of hydrogen-bond donors (Lipinski definition) is 0. The molecule has 21 heavy (non-hydrogen) atoms. The topological polar surface area (TPSA) is 51.0 Å². The van der Waals surface area contributed by atoms with Gasteiger partial charge in [-0.05, 0) is 18.6 Å². The third kappa shape index (κ3) is 3.60. The van der Waals surface area contributed by atoms with Crippen LogP contribution in [0.1, 0.15) is 16.9 Å². The molecule has 2 rings (SSSR count). The standard InChI is InChI=1S/C14H17FN4OS/c1-18(11-5-3-7-16-9-11)13(20)12-10-17-14(19(12)2)21-8-4-6-15/h3,5,7,9-10H,4,6,8H2,1-2H3. The maximum Gasteiger partial charge on any atom is 0.276 e. The van der Waals surface area contributed by atoms with Gasteiger partial charge in [-0.25, -0.2) is 4.98 Å². The van der Waals surface area contributed by atoms with Gasteiger partial charge in [0.15, 0.2) is 5.16 Å². The third-order valence-electron chi connectivity index (χ3n) is 3.01. The van der Waals surface area contributed by atoms with Crippen LogP contribution in [0.5, 0.6) is 0 Å². The van der Waals surface area contributed by atoms with Crippen LogP contribution in [0.3, 0.4) is 0 Å². The number of carbonyl (C=O) groups is 1. The number of hydrogen-bond acceptors (Lipinski definition) is 4. The van der Waals surface area contributed by atoms with Gasteiger partial charge in [-0.3, -0.25) is 14.2 Å². The Hall–Kier alpha value is -1.89. The Labute approximate surface area is 127 Å². The van der Waals surface area contributed by atoms with Crippen molar-refractivity contribution in [2.45, 2.75) is 11.6 Å². The maximum absolute atomic E-state index is 12.5. The van der Waals surface area contributed by atoms with Crippen molar-refractivity contribution in [2.24, 2.45) is 7.05 Å². The molecule has 0 saturated heterocycles. The number of carbonyl (C=O) groups excluding carboxylic acids is 1. The molecule has 2 aromatic heterocycles. The van der Waals surface area contributed by atoms with Crippen LogP contribution in [-0.2, 0) is 7.05 Å². The van der Waals surface area contributed by atoms with Crippen LogP contribution in [0.15, 0.2) is 35.9 Å². The van der Waals surface area contributed by atoms with Gasteiger partial charge in [-0.1, -0.05) is 11.8 Å². The van der Waals surface area contributed by atoms with Crippen molar-refractivity contribution < 1.29 is 9.18 Å². The molecule has 0 spiro atoms. The van der Waals surface area contributed by atoms with Gasteiger partial charge in [-0.15, -0.1) is 0 Å². The number of nitrogens with zero attached hydrogens (tertiary/aromatic N) is 4. The van der Waals surface area contributed by atoms with E-state index in [9.17, 15) is 9.18 Å². The number of rotatable bonds is 6. The van der Waals surface area contributed by atoms with Gasteiger partial charge in [0.25, 0.3) is 5.91 Å². The Bertz CT molecular complexity index is 602. The molecule has 112 valence electrons. The second-order valence-electron chi connectivity index (χ2n) is 4.45. The summed E-state index contributed by atoms with van der Waals surface area (Å²) in [5, 5.41) is 0.714. The fourth-order valence-electron chi connectivity index (χ4n) is 1.78. The number of thioether (sulfide) groups is 1. The van der Waals surface area contributed by atoms with Crippen molar-refractivity contribution in [1.29, 1.82) is 0 Å². The predicted octanol–water partition coefficient (Wildman–Crippen LogP) is 2.54. The van der Waals surface area contributed by atoms with Gasteiger partial charge in [0.1, 0.15) is 5.69 Å². The monoisotopic (exact) mass is 308 g/mol. The molecule has 0 aliphatic rings. The van der Waals surface area contributed by atoms with Crippen LogP contribution in [-0.4, -0.2) is 39.9 Å². The van der Waals surface area contributed by atoms with Crippen molar-refractivity contribution in [3.8, 4) is 0 Å². The zero-order valence-corrected chi connectivity index (χ0v) is 12.8. The van der Waals surface area contributed by atoms with Gasteiger partial charge in [0, 0.05) is 26.0 Å². The lowest BCUT2D eigenvalue weighted by molar-refractivity contribution is 0.0984. The summed E-state index contributed by atoms with van der Waals surface area (Å²) < 4.78 is 13.9. The summed E-state index contributed by atoms with van der Waals surface area (Å²) in [6.45, 7) is -0.340. The molecule has 7 heteroatoms. The van der Waals surface area contributed by atoms with Crippen molar-refractivity contribution >= 4 is 23.4 Å². The van der Waals surface area contributed by atoms with E-state index in [0.717, 1.165) is 5.69 Å². The summed E-state index contributed by atoms with van der Waals surface area (Å²) in [4.78, 5) is 22.2. The minimum Gasteiger partial charge on any atom is -0.318 e. The minimum absolute atomic E-state index is 0.157. The summed E-state index contributed by atoms with van der Waals surface area (Å²) in [7, 11) is 3.48. The lowest BCUT2D eigenvalue weighted by Crippen LogP contribution is -2.28. The summed E-state index contributed by atoms with van der Waals surface area (Å²) >= 11 is 1.45. The quantitative estimate of drug-likeness (QED) is 0.608. The fraction of sp³-hybridized carbons (Fsp3) is 0.357. The first-order chi connectivity index (χ1) is 10.1. The molecule has 0 aromatic carbocycles. The van der Waals surface area contributed by atoms with Gasteiger partial charge < -0.3 is 9.47 Å². The van der Waals surface area contributed by atoms with E-state index < -0.39 is 0 Å². The van der Waals surface area contributed by atoms with E-state index >= 15 is 0 Å². The first-order valence-electron chi connectivity index (χ1n) is 6.53. The molecule has 0 bridgehead atoms. The van der Waals surface area contributed by atoms with Crippen molar-refractivity contribution in [2.75, 3.05) is 24.4 Å². The van der Waals surface area contributed by atoms with Crippen LogP contribution in [0, 0.1) is 0 Å². The summed E-state index contributed by atoms with van der Waals surface area (Å²) in [6, 6.07) is 3.60. The van der Waals surface area contributed by atoms with Gasteiger partial charge in [0.05, 0.1) is 24.8 Å². The average molecular weight is 308 g/mol. The zero-order chi connectivity index (χ0) is 15.2. The Balaban J connectivity index is 2.13. The third-order valence-corrected chi connectivity index (χ3v) is 4.14. The summed E-state index contributed by atoms with van der Waals surface area (Å²) in [5.41, 5.74) is 1.21. The zero-order valence-electron chi connectivity index (χ0n) is 12.0. The molecule has 0 aliphatic carbocycles. The minimum atomic E-state index is -0.340. The van der Waals surface area contributed by atoms with Gasteiger partial charge in [0.2, 0.25) is 0 Å². The molecule has 0 N–H and O–H groups in total. The van der Waals surface area contributed by atoms with E-state index in [1.54, 1.807) is 43.3 Å². The average Bonchev–Trinajstić information content (AvgIpc) is 2.88. The Morgan fingerprint density at radius 1 is 1.48 bits per heavy atom. The number of amides is 1. The largest absolute Gasteiger partial charge is 0.318 e. The van der Waals surface area contributed by atoms with Crippen LogP contribution in [0.4, 0.5) is 10.1 Å². The number of anilines is 1. The molecule has 0 saturated carbocycles. The van der Waals surface area contributed by atoms with E-state index in [-0.39, 0.29) is 12.6 Å². The molecule has 1 amide bonds. The van der Waals surface area contributed by atoms with Crippen molar-refractivity contribution in [3.05, 3.63) is 36.4 Å². The van der Waals surface area contributed by atoms with Crippen LogP contribution < -0.4 is 4.90 Å². The highest BCUT2D eigenvalue weighted by Crippen LogP contribution is 2.20. The molecule has 0 aliphatic heterocycles. The highest BCUT2D eigenvalue weighted by molar-refractivity contribution is 7.99. The molecule has 0 unspecified atom stereocenters. The fourth-order valence-corrected chi connectivity index (χ4v) is 2.64. The van der Waals surface area contributed by atoms with Crippen molar-refractivity contribution in [3.63, 3.8) is 0 Å². The van der Waals surface area contributed by atoms with E-state index in [2.05, 4.69) is 9.97 Å². The number of imidazole rings is 1. The van der Waals surface area contributed by atoms with Crippen LogP contribution in [0.25, 0.3) is 0 Å². The predicted molar refractivity (Wildman–Crippen MR) is 81.5 cm³/mol. The molecule has 0 atom stereocenters. The van der Waals surface area contributed by atoms with E-state index in [4.69, 9.17) is 0 Å². The summed E-state index contributed by atoms with van der Waals surface area (Å²) in [6.07, 6.45) is 5.32. The van der Waals surface area contributed by atoms with Gasteiger partial charge >= 0.3 is 0 Å². The van der Waals surface area contributed by atoms with E-state index in [1.165, 1.54) is 16.7 Å². The van der Waals surface area contributed by atoms with Gasteiger partial charge in [-0.2, -0.15) is 0 Å². The second kappa shape index (κ2) is 7.21. The highest BCUT2D eigenvalue weighted by Gasteiger charge is 2.19. The number of pyridine rings is 1. The van der Waals surface area contributed by atoms with Crippen molar-refractivity contribution in [1.82, 2.24) is 14.5 Å². The Kier molecular flexibility index (Phi) is 5.32. The van der Waals surface area contributed by atoms with Crippen LogP contribution >= 0.6 is 11.8 Å². The first-order valence-corrected chi connectivity index (χ1v) is 7.52. The Morgan fingerprint density at radius 3 is 2.95 bits per heavy atom. The molecule has 5 nitrogen and oxygen atoms in total. The smallest absolute Gasteiger partial charge is 0.276 e. The lowest BCUT2D eigenvalue weighted by Gasteiger charge is -2.16. The van der Waals surface area contributed by atoms with E-state index in [1.807, 2.05) is 6.07 Å². The molecular formula is C14H17FN4OS. The highest BCUT2D eigenvalue weighted by atomic mass is 32.2. The number of alkyl halides is 1. The molecule has 0 radical (unpaired) electrons. The lowest BCUT2D eigenvalue weighted by atomic mass is 10.3. The Morgan fingerprint density at radius 2 is 2.29 bits per heavy atom.